The van der Waals surface area contributed by atoms with Gasteiger partial charge >= 0.3 is 5.97 Å². The normalized spacial score (nSPS) is 12.7. The second kappa shape index (κ2) is 5.21. The van der Waals surface area contributed by atoms with Crippen molar-refractivity contribution in [3.8, 4) is 0 Å². The average molecular weight is 242 g/mol. The molecule has 0 bridgehead atoms. The smallest absolute Gasteiger partial charge is 0.308 e. The Morgan fingerprint density at radius 3 is 2.33 bits per heavy atom. The lowest BCUT2D eigenvalue weighted by atomic mass is 10.0. The van der Waals surface area contributed by atoms with Crippen LogP contribution in [0.15, 0.2) is 42.5 Å². The molecular formula is C16H18O2. The Bertz CT molecular complexity index is 558. The first-order valence-corrected chi connectivity index (χ1v) is 6.27. The predicted molar refractivity (Wildman–Crippen MR) is 73.3 cm³/mol. The van der Waals surface area contributed by atoms with Crippen LogP contribution in [0.1, 0.15) is 32.4 Å². The average Bonchev–Trinajstić information content (AvgIpc) is 2.37. The van der Waals surface area contributed by atoms with E-state index >= 15 is 0 Å². The van der Waals surface area contributed by atoms with Gasteiger partial charge in [-0.2, -0.15) is 0 Å². The molecule has 0 N–H and O–H groups in total. The molecule has 0 aliphatic heterocycles. The number of benzene rings is 2. The Hall–Kier alpha value is -1.83. The van der Waals surface area contributed by atoms with Gasteiger partial charge in [0.15, 0.2) is 0 Å². The third kappa shape index (κ3) is 2.70. The van der Waals surface area contributed by atoms with Crippen LogP contribution in [0, 0.1) is 5.92 Å². The van der Waals surface area contributed by atoms with Crippen molar-refractivity contribution in [1.29, 1.82) is 0 Å². The highest BCUT2D eigenvalue weighted by Gasteiger charge is 2.14. The summed E-state index contributed by atoms with van der Waals surface area (Å²) in [6.07, 6.45) is -0.204. The predicted octanol–water partition coefficient (Wildman–Crippen LogP) is 4.10. The van der Waals surface area contributed by atoms with Gasteiger partial charge in [0.2, 0.25) is 0 Å². The van der Waals surface area contributed by atoms with Gasteiger partial charge in [-0.1, -0.05) is 50.2 Å². The van der Waals surface area contributed by atoms with E-state index in [1.807, 2.05) is 39.0 Å². The van der Waals surface area contributed by atoms with Crippen LogP contribution in [0.5, 0.6) is 0 Å². The number of hydrogen-bond acceptors (Lipinski definition) is 2. The van der Waals surface area contributed by atoms with Crippen LogP contribution in [-0.4, -0.2) is 5.97 Å². The monoisotopic (exact) mass is 242 g/mol. The van der Waals surface area contributed by atoms with E-state index in [0.29, 0.717) is 0 Å². The molecule has 18 heavy (non-hydrogen) atoms. The fraction of sp³-hybridized carbons (Fsp3) is 0.312. The molecule has 0 saturated carbocycles. The Morgan fingerprint density at radius 2 is 1.67 bits per heavy atom. The van der Waals surface area contributed by atoms with E-state index in [4.69, 9.17) is 4.74 Å². The van der Waals surface area contributed by atoms with E-state index in [1.165, 1.54) is 10.8 Å². The first kappa shape index (κ1) is 12.6. The SMILES string of the molecule is CC(C)C(=O)O[C@@H](C)c1ccc2ccccc2c1. The number of fused-ring (bicyclic) bond motifs is 1. The zero-order valence-electron chi connectivity index (χ0n) is 11.0. The molecule has 2 heteroatoms. The highest BCUT2D eigenvalue weighted by atomic mass is 16.5. The summed E-state index contributed by atoms with van der Waals surface area (Å²) in [5, 5.41) is 2.37. The molecule has 0 aromatic heterocycles. The molecule has 0 radical (unpaired) electrons. The van der Waals surface area contributed by atoms with Crippen molar-refractivity contribution in [3.05, 3.63) is 48.0 Å². The number of rotatable bonds is 3. The van der Waals surface area contributed by atoms with Crippen molar-refractivity contribution in [2.45, 2.75) is 26.9 Å². The van der Waals surface area contributed by atoms with Crippen LogP contribution >= 0.6 is 0 Å². The summed E-state index contributed by atoms with van der Waals surface area (Å²) in [6.45, 7) is 5.59. The highest BCUT2D eigenvalue weighted by Crippen LogP contribution is 2.23. The number of carbonyl (C=O) groups excluding carboxylic acids is 1. The lowest BCUT2D eigenvalue weighted by Crippen LogP contribution is -2.14. The molecule has 0 heterocycles. The minimum absolute atomic E-state index is 0.0899. The van der Waals surface area contributed by atoms with Crippen molar-refractivity contribution in [1.82, 2.24) is 0 Å². The first-order valence-electron chi connectivity index (χ1n) is 6.27. The highest BCUT2D eigenvalue weighted by molar-refractivity contribution is 5.83. The van der Waals surface area contributed by atoms with Crippen LogP contribution in [0.25, 0.3) is 10.8 Å². The maximum atomic E-state index is 11.6. The molecule has 94 valence electrons. The van der Waals surface area contributed by atoms with E-state index in [9.17, 15) is 4.79 Å². The minimum Gasteiger partial charge on any atom is -0.458 e. The lowest BCUT2D eigenvalue weighted by Gasteiger charge is -2.15. The maximum absolute atomic E-state index is 11.6. The van der Waals surface area contributed by atoms with E-state index in [-0.39, 0.29) is 18.0 Å². The molecule has 0 aliphatic rings. The Labute approximate surface area is 108 Å². The summed E-state index contributed by atoms with van der Waals surface area (Å²) < 4.78 is 5.41. The van der Waals surface area contributed by atoms with Crippen LogP contribution in [0.3, 0.4) is 0 Å². The van der Waals surface area contributed by atoms with Gasteiger partial charge in [-0.05, 0) is 29.3 Å². The zero-order chi connectivity index (χ0) is 13.1. The minimum atomic E-state index is -0.204. The summed E-state index contributed by atoms with van der Waals surface area (Å²) in [7, 11) is 0. The molecule has 0 fully saturated rings. The lowest BCUT2D eigenvalue weighted by molar-refractivity contribution is -0.152. The molecule has 1 atom stereocenters. The number of ether oxygens (including phenoxy) is 1. The van der Waals surface area contributed by atoms with E-state index in [2.05, 4.69) is 24.3 Å². The molecule has 0 saturated heterocycles. The van der Waals surface area contributed by atoms with Gasteiger partial charge < -0.3 is 4.74 Å². The molecule has 2 aromatic carbocycles. The number of esters is 1. The maximum Gasteiger partial charge on any atom is 0.308 e. The summed E-state index contributed by atoms with van der Waals surface area (Å²) in [6, 6.07) is 14.3. The topological polar surface area (TPSA) is 26.3 Å². The van der Waals surface area contributed by atoms with Crippen molar-refractivity contribution in [2.75, 3.05) is 0 Å². The molecular weight excluding hydrogens is 224 g/mol. The quantitative estimate of drug-likeness (QED) is 0.757. The second-order valence-corrected chi connectivity index (χ2v) is 4.84. The largest absolute Gasteiger partial charge is 0.458 e. The van der Waals surface area contributed by atoms with Gasteiger partial charge in [0.25, 0.3) is 0 Å². The molecule has 2 nitrogen and oxygen atoms in total. The van der Waals surface area contributed by atoms with Gasteiger partial charge in [0.1, 0.15) is 6.10 Å². The third-order valence-corrected chi connectivity index (χ3v) is 3.01. The number of carbonyl (C=O) groups is 1. The fourth-order valence-corrected chi connectivity index (χ4v) is 1.84. The van der Waals surface area contributed by atoms with Crippen molar-refractivity contribution in [3.63, 3.8) is 0 Å². The molecule has 0 unspecified atom stereocenters. The van der Waals surface area contributed by atoms with Crippen molar-refractivity contribution in [2.24, 2.45) is 5.92 Å². The third-order valence-electron chi connectivity index (χ3n) is 3.01. The van der Waals surface area contributed by atoms with Gasteiger partial charge in [0.05, 0.1) is 5.92 Å². The molecule has 0 aliphatic carbocycles. The van der Waals surface area contributed by atoms with Gasteiger partial charge in [-0.25, -0.2) is 0 Å². The first-order chi connectivity index (χ1) is 8.58. The van der Waals surface area contributed by atoms with Gasteiger partial charge in [-0.15, -0.1) is 0 Å². The Kier molecular flexibility index (Phi) is 3.66. The van der Waals surface area contributed by atoms with E-state index in [0.717, 1.165) is 5.56 Å². The van der Waals surface area contributed by atoms with Crippen LogP contribution < -0.4 is 0 Å². The fourth-order valence-electron chi connectivity index (χ4n) is 1.84. The van der Waals surface area contributed by atoms with Crippen molar-refractivity contribution >= 4 is 16.7 Å². The molecule has 2 rings (SSSR count). The summed E-state index contributed by atoms with van der Waals surface area (Å²) >= 11 is 0. The van der Waals surface area contributed by atoms with E-state index in [1.54, 1.807) is 0 Å². The summed E-state index contributed by atoms with van der Waals surface area (Å²) in [5.74, 6) is -0.247. The standard InChI is InChI=1S/C16H18O2/c1-11(2)16(17)18-12(3)14-9-8-13-6-4-5-7-15(13)10-14/h4-12H,1-3H3/t12-/m0/s1. The number of hydrogen-bond donors (Lipinski definition) is 0. The van der Waals surface area contributed by atoms with E-state index < -0.39 is 0 Å². The Balaban J connectivity index is 2.22. The van der Waals surface area contributed by atoms with Crippen molar-refractivity contribution < 1.29 is 9.53 Å². The van der Waals surface area contributed by atoms with Crippen LogP contribution in [-0.2, 0) is 9.53 Å². The molecule has 0 spiro atoms. The summed E-state index contributed by atoms with van der Waals surface area (Å²) in [5.41, 5.74) is 1.03. The molecule has 0 amide bonds. The van der Waals surface area contributed by atoms with Crippen LogP contribution in [0.4, 0.5) is 0 Å². The van der Waals surface area contributed by atoms with Crippen LogP contribution in [0.2, 0.25) is 0 Å². The Morgan fingerprint density at radius 1 is 1.00 bits per heavy atom. The molecule has 2 aromatic rings. The van der Waals surface area contributed by atoms with Gasteiger partial charge in [0, 0.05) is 0 Å². The van der Waals surface area contributed by atoms with Gasteiger partial charge in [-0.3, -0.25) is 4.79 Å². The second-order valence-electron chi connectivity index (χ2n) is 4.84. The zero-order valence-corrected chi connectivity index (χ0v) is 11.0. The summed E-state index contributed by atoms with van der Waals surface area (Å²) in [4.78, 5) is 11.6.